The predicted molar refractivity (Wildman–Crippen MR) is 93.6 cm³/mol. The Morgan fingerprint density at radius 1 is 1.33 bits per heavy atom. The lowest BCUT2D eigenvalue weighted by molar-refractivity contribution is -0.124. The topological polar surface area (TPSA) is 77.5 Å². The van der Waals surface area contributed by atoms with Gasteiger partial charge in [0.1, 0.15) is 5.82 Å². The quantitative estimate of drug-likeness (QED) is 0.424. The molecule has 2 fully saturated rings. The van der Waals surface area contributed by atoms with Gasteiger partial charge in [-0.15, -0.1) is 0 Å². The molecule has 1 aliphatic carbocycles. The second-order valence-corrected chi connectivity index (χ2v) is 6.83. The molecule has 3 rings (SSSR count). The minimum absolute atomic E-state index is 0.459. The summed E-state index contributed by atoms with van der Waals surface area (Å²) in [5, 5.41) is 11.9. The molecule has 6 nitrogen and oxygen atoms in total. The van der Waals surface area contributed by atoms with E-state index in [1.807, 2.05) is 12.1 Å². The van der Waals surface area contributed by atoms with Crippen LogP contribution in [0.25, 0.3) is 6.08 Å². The van der Waals surface area contributed by atoms with Crippen LogP contribution >= 0.6 is 0 Å². The number of rotatable bonds is 6. The number of carbonyl (C=O) groups is 1. The van der Waals surface area contributed by atoms with Gasteiger partial charge in [-0.1, -0.05) is 12.8 Å². The number of aromatic nitrogens is 1. The zero-order valence-corrected chi connectivity index (χ0v) is 13.9. The van der Waals surface area contributed by atoms with E-state index in [0.717, 1.165) is 30.3 Å². The number of hydrogen-bond acceptors (Lipinski definition) is 5. The Labute approximate surface area is 142 Å². The minimum atomic E-state index is -0.550. The van der Waals surface area contributed by atoms with E-state index >= 15 is 0 Å². The van der Waals surface area contributed by atoms with E-state index in [0.29, 0.717) is 6.04 Å². The molecule has 0 radical (unpaired) electrons. The van der Waals surface area contributed by atoms with Crippen LogP contribution in [0, 0.1) is 5.92 Å². The number of pyridine rings is 1. The predicted octanol–water partition coefficient (Wildman–Crippen LogP) is 2.28. The summed E-state index contributed by atoms with van der Waals surface area (Å²) in [7, 11) is 0. The fourth-order valence-electron chi connectivity index (χ4n) is 3.68. The Kier molecular flexibility index (Phi) is 5.82. The van der Waals surface area contributed by atoms with Gasteiger partial charge in [0.2, 0.25) is 0 Å². The maximum absolute atomic E-state index is 11.0. The third-order valence-corrected chi connectivity index (χ3v) is 4.94. The van der Waals surface area contributed by atoms with Crippen molar-refractivity contribution in [3.8, 4) is 0 Å². The highest BCUT2D eigenvalue weighted by atomic mass is 16.5. The molecule has 1 saturated carbocycles. The summed E-state index contributed by atoms with van der Waals surface area (Å²) < 4.78 is 0. The third-order valence-electron chi connectivity index (χ3n) is 4.94. The molecule has 0 unspecified atom stereocenters. The lowest BCUT2D eigenvalue weighted by Crippen LogP contribution is -2.29. The number of carbonyl (C=O) groups excluding carboxylic acids is 1. The van der Waals surface area contributed by atoms with E-state index in [9.17, 15) is 4.79 Å². The first kappa shape index (κ1) is 16.9. The zero-order chi connectivity index (χ0) is 16.8. The Balaban J connectivity index is 1.46. The van der Waals surface area contributed by atoms with Gasteiger partial charge in [-0.25, -0.2) is 10.5 Å². The standard InChI is InChI=1S/C18H26N4O2/c23-18(21-24)8-6-14-5-7-17(19-11-14)20-16-9-10-22(13-16)12-15-3-1-2-4-15/h5-8,11,15-16,24H,1-4,9-10,12-13H2,(H,19,20)(H,21,23)/t16-/m1/s1. The van der Waals surface area contributed by atoms with Gasteiger partial charge in [0.05, 0.1) is 0 Å². The molecular weight excluding hydrogens is 304 g/mol. The number of nitrogens with zero attached hydrogens (tertiary/aromatic N) is 2. The van der Waals surface area contributed by atoms with Crippen molar-refractivity contribution < 1.29 is 10.0 Å². The van der Waals surface area contributed by atoms with Crippen LogP contribution in [0.2, 0.25) is 0 Å². The molecule has 6 heteroatoms. The van der Waals surface area contributed by atoms with Crippen LogP contribution in [0.5, 0.6) is 0 Å². The van der Waals surface area contributed by atoms with Crippen LogP contribution in [-0.4, -0.2) is 46.7 Å². The van der Waals surface area contributed by atoms with Crippen LogP contribution in [-0.2, 0) is 4.79 Å². The first-order valence-electron chi connectivity index (χ1n) is 8.80. The fourth-order valence-corrected chi connectivity index (χ4v) is 3.68. The van der Waals surface area contributed by atoms with Crippen molar-refractivity contribution in [2.75, 3.05) is 25.0 Å². The SMILES string of the molecule is O=C(C=Cc1ccc(N[C@@H]2CCN(CC3CCCC3)C2)nc1)NO. The summed E-state index contributed by atoms with van der Waals surface area (Å²) in [4.78, 5) is 17.9. The summed E-state index contributed by atoms with van der Waals surface area (Å²) in [6.07, 6.45) is 11.4. The number of anilines is 1. The first-order valence-corrected chi connectivity index (χ1v) is 8.80. The zero-order valence-electron chi connectivity index (χ0n) is 13.9. The molecule has 1 saturated heterocycles. The molecule has 1 aromatic heterocycles. The van der Waals surface area contributed by atoms with Crippen molar-refractivity contribution in [3.05, 3.63) is 30.0 Å². The lowest BCUT2D eigenvalue weighted by Gasteiger charge is -2.20. The van der Waals surface area contributed by atoms with Crippen molar-refractivity contribution in [1.29, 1.82) is 0 Å². The molecule has 2 heterocycles. The average Bonchev–Trinajstić information content (AvgIpc) is 3.26. The van der Waals surface area contributed by atoms with E-state index in [1.54, 1.807) is 17.8 Å². The fraction of sp³-hybridized carbons (Fsp3) is 0.556. The van der Waals surface area contributed by atoms with Gasteiger partial charge in [0.25, 0.3) is 5.91 Å². The maximum Gasteiger partial charge on any atom is 0.267 e. The Hall–Kier alpha value is -1.92. The number of hydroxylamine groups is 1. The Bertz CT molecular complexity index is 567. The van der Waals surface area contributed by atoms with Crippen LogP contribution < -0.4 is 10.8 Å². The Morgan fingerprint density at radius 2 is 2.17 bits per heavy atom. The van der Waals surface area contributed by atoms with E-state index in [2.05, 4.69) is 15.2 Å². The second-order valence-electron chi connectivity index (χ2n) is 6.83. The van der Waals surface area contributed by atoms with E-state index < -0.39 is 5.91 Å². The minimum Gasteiger partial charge on any atom is -0.366 e. The number of nitrogens with one attached hydrogen (secondary N) is 2. The van der Waals surface area contributed by atoms with Gasteiger partial charge in [0, 0.05) is 37.9 Å². The summed E-state index contributed by atoms with van der Waals surface area (Å²) >= 11 is 0. The molecular formula is C18H26N4O2. The maximum atomic E-state index is 11.0. The molecule has 24 heavy (non-hydrogen) atoms. The lowest BCUT2D eigenvalue weighted by atomic mass is 10.1. The normalized spacial score (nSPS) is 22.3. The number of likely N-dealkylation sites (tertiary alicyclic amines) is 1. The molecule has 1 amide bonds. The van der Waals surface area contributed by atoms with E-state index in [1.165, 1.54) is 44.8 Å². The van der Waals surface area contributed by atoms with Crippen LogP contribution in [0.4, 0.5) is 5.82 Å². The van der Waals surface area contributed by atoms with Gasteiger partial charge in [0.15, 0.2) is 0 Å². The highest BCUT2D eigenvalue weighted by molar-refractivity contribution is 5.90. The second kappa shape index (κ2) is 8.26. The van der Waals surface area contributed by atoms with Crippen LogP contribution in [0.1, 0.15) is 37.7 Å². The van der Waals surface area contributed by atoms with Crippen molar-refractivity contribution in [2.24, 2.45) is 5.92 Å². The summed E-state index contributed by atoms with van der Waals surface area (Å²) in [5.41, 5.74) is 2.38. The molecule has 0 bridgehead atoms. The highest BCUT2D eigenvalue weighted by Gasteiger charge is 2.26. The molecule has 0 spiro atoms. The molecule has 2 aliphatic rings. The van der Waals surface area contributed by atoms with E-state index in [4.69, 9.17) is 5.21 Å². The highest BCUT2D eigenvalue weighted by Crippen LogP contribution is 2.27. The summed E-state index contributed by atoms with van der Waals surface area (Å²) in [5.74, 6) is 1.22. The summed E-state index contributed by atoms with van der Waals surface area (Å²) in [6, 6.07) is 4.29. The van der Waals surface area contributed by atoms with Crippen molar-refractivity contribution in [2.45, 2.75) is 38.1 Å². The molecule has 1 aliphatic heterocycles. The smallest absolute Gasteiger partial charge is 0.267 e. The third kappa shape index (κ3) is 4.79. The van der Waals surface area contributed by atoms with Crippen LogP contribution in [0.15, 0.2) is 24.4 Å². The van der Waals surface area contributed by atoms with Gasteiger partial charge in [-0.2, -0.15) is 0 Å². The number of hydrogen-bond donors (Lipinski definition) is 3. The van der Waals surface area contributed by atoms with Crippen molar-refractivity contribution in [3.63, 3.8) is 0 Å². The molecule has 1 atom stereocenters. The van der Waals surface area contributed by atoms with Gasteiger partial charge in [-0.05, 0) is 49.0 Å². The van der Waals surface area contributed by atoms with Crippen LogP contribution in [0.3, 0.4) is 0 Å². The first-order chi connectivity index (χ1) is 11.7. The molecule has 3 N–H and O–H groups in total. The molecule has 0 aromatic carbocycles. The number of amides is 1. The van der Waals surface area contributed by atoms with Gasteiger partial charge >= 0.3 is 0 Å². The van der Waals surface area contributed by atoms with Gasteiger partial charge in [-0.3, -0.25) is 10.0 Å². The Morgan fingerprint density at radius 3 is 2.88 bits per heavy atom. The summed E-state index contributed by atoms with van der Waals surface area (Å²) in [6.45, 7) is 3.52. The largest absolute Gasteiger partial charge is 0.366 e. The van der Waals surface area contributed by atoms with Crippen molar-refractivity contribution in [1.82, 2.24) is 15.4 Å². The van der Waals surface area contributed by atoms with Gasteiger partial charge < -0.3 is 10.2 Å². The monoisotopic (exact) mass is 330 g/mol. The molecule has 1 aromatic rings. The van der Waals surface area contributed by atoms with E-state index in [-0.39, 0.29) is 0 Å². The average molecular weight is 330 g/mol. The molecule has 130 valence electrons. The van der Waals surface area contributed by atoms with Crippen molar-refractivity contribution >= 4 is 17.8 Å².